The molecule has 0 fully saturated rings. The number of benzene rings is 2. The second-order valence-electron chi connectivity index (χ2n) is 6.53. The Morgan fingerprint density at radius 2 is 1.93 bits per heavy atom. The van der Waals surface area contributed by atoms with Crippen LogP contribution in [0.1, 0.15) is 21.6 Å². The van der Waals surface area contributed by atoms with Crippen molar-refractivity contribution in [3.8, 4) is 0 Å². The summed E-state index contributed by atoms with van der Waals surface area (Å²) in [5.74, 6) is -0.0346. The number of amides is 1. The predicted octanol–water partition coefficient (Wildman–Crippen LogP) is 4.09. The lowest BCUT2D eigenvalue weighted by Crippen LogP contribution is -2.37. The van der Waals surface area contributed by atoms with Gasteiger partial charge in [0.2, 0.25) is 5.91 Å². The van der Waals surface area contributed by atoms with Gasteiger partial charge in [-0.05, 0) is 24.7 Å². The predicted molar refractivity (Wildman–Crippen MR) is 114 cm³/mol. The van der Waals surface area contributed by atoms with Crippen molar-refractivity contribution in [3.63, 3.8) is 0 Å². The van der Waals surface area contributed by atoms with Gasteiger partial charge in [-0.15, -0.1) is 22.7 Å². The molecule has 142 valence electrons. The molecule has 0 radical (unpaired) electrons. The van der Waals surface area contributed by atoms with E-state index in [-0.39, 0.29) is 11.9 Å². The second kappa shape index (κ2) is 8.60. The van der Waals surface area contributed by atoms with E-state index in [1.165, 1.54) is 4.70 Å². The normalized spacial score (nSPS) is 12.4. The Kier molecular flexibility index (Phi) is 5.76. The van der Waals surface area contributed by atoms with Crippen LogP contribution in [-0.2, 0) is 11.3 Å². The van der Waals surface area contributed by atoms with Crippen LogP contribution in [0.3, 0.4) is 0 Å². The molecule has 1 atom stereocenters. The van der Waals surface area contributed by atoms with Crippen LogP contribution in [0.2, 0.25) is 0 Å². The largest absolute Gasteiger partial charge is 0.342 e. The first-order valence-corrected chi connectivity index (χ1v) is 10.7. The first-order chi connectivity index (χ1) is 13.7. The molecule has 28 heavy (non-hydrogen) atoms. The molecule has 5 nitrogen and oxygen atoms in total. The molecule has 0 aliphatic rings. The van der Waals surface area contributed by atoms with Crippen LogP contribution in [0, 0.1) is 0 Å². The molecule has 4 aromatic rings. The number of likely N-dealkylation sites (N-methyl/N-ethyl adjacent to an activating group) is 1. The number of carbonyl (C=O) groups excluding carboxylic acids is 1. The molecule has 7 heteroatoms. The number of hydrogen-bond acceptors (Lipinski definition) is 6. The van der Waals surface area contributed by atoms with Gasteiger partial charge >= 0.3 is 0 Å². The summed E-state index contributed by atoms with van der Waals surface area (Å²) in [6.45, 7) is 0.935. The number of aromatic nitrogens is 2. The summed E-state index contributed by atoms with van der Waals surface area (Å²) in [5, 5.41) is 6.95. The van der Waals surface area contributed by atoms with Gasteiger partial charge in [0.05, 0.1) is 23.3 Å². The van der Waals surface area contributed by atoms with E-state index in [9.17, 15) is 4.79 Å². The van der Waals surface area contributed by atoms with E-state index in [2.05, 4.69) is 21.4 Å². The fourth-order valence-corrected chi connectivity index (χ4v) is 4.80. The minimum atomic E-state index is -0.232. The maximum atomic E-state index is 12.7. The van der Waals surface area contributed by atoms with Crippen LogP contribution in [0.4, 0.5) is 0 Å². The summed E-state index contributed by atoms with van der Waals surface area (Å²) in [6, 6.07) is 17.8. The van der Waals surface area contributed by atoms with Gasteiger partial charge in [-0.3, -0.25) is 9.69 Å². The summed E-state index contributed by atoms with van der Waals surface area (Å²) < 4.78 is 1.17. The number of carbonyl (C=O) groups is 1. The van der Waals surface area contributed by atoms with Crippen LogP contribution < -0.4 is 5.32 Å². The van der Waals surface area contributed by atoms with Crippen molar-refractivity contribution in [2.24, 2.45) is 0 Å². The number of hydrogen-bond donors (Lipinski definition) is 1. The highest BCUT2D eigenvalue weighted by molar-refractivity contribution is 7.18. The van der Waals surface area contributed by atoms with Gasteiger partial charge < -0.3 is 5.32 Å². The molecule has 0 aliphatic heterocycles. The van der Waals surface area contributed by atoms with Gasteiger partial charge in [-0.1, -0.05) is 42.5 Å². The summed E-state index contributed by atoms with van der Waals surface area (Å²) in [5.41, 5.74) is 2.04. The Labute approximate surface area is 171 Å². The van der Waals surface area contributed by atoms with Crippen LogP contribution >= 0.6 is 22.7 Å². The topological polar surface area (TPSA) is 58.1 Å². The van der Waals surface area contributed by atoms with Crippen molar-refractivity contribution in [2.75, 3.05) is 13.6 Å². The van der Waals surface area contributed by atoms with Gasteiger partial charge in [-0.2, -0.15) is 0 Å². The number of para-hydroxylation sites is 1. The molecule has 0 saturated carbocycles. The van der Waals surface area contributed by atoms with Crippen LogP contribution in [0.15, 0.2) is 66.2 Å². The van der Waals surface area contributed by atoms with Crippen molar-refractivity contribution in [1.29, 1.82) is 0 Å². The Morgan fingerprint density at radius 3 is 2.68 bits per heavy atom. The molecule has 0 aliphatic carbocycles. The molecule has 0 saturated heterocycles. The first-order valence-electron chi connectivity index (χ1n) is 8.96. The van der Waals surface area contributed by atoms with Gasteiger partial charge in [0.15, 0.2) is 0 Å². The zero-order valence-corrected chi connectivity index (χ0v) is 17.0. The van der Waals surface area contributed by atoms with Gasteiger partial charge in [-0.25, -0.2) is 9.97 Å². The molecule has 1 N–H and O–H groups in total. The number of fused-ring (bicyclic) bond motifs is 1. The smallest absolute Gasteiger partial charge is 0.235 e. The molecule has 0 spiro atoms. The standard InChI is InChI=1S/C21H20N4OS2/c1-25(14-19-23-16-9-5-6-10-17(16)28-19)13-18(26)24-20(21-22-11-12-27-21)15-7-3-2-4-8-15/h2-12,20H,13-14H2,1H3,(H,24,26). The summed E-state index contributed by atoms with van der Waals surface area (Å²) in [4.78, 5) is 23.7. The molecule has 1 unspecified atom stereocenters. The number of thiazole rings is 2. The minimum absolute atomic E-state index is 0.0346. The van der Waals surface area contributed by atoms with E-state index in [0.717, 1.165) is 21.1 Å². The zero-order chi connectivity index (χ0) is 19.3. The van der Waals surface area contributed by atoms with E-state index in [1.807, 2.05) is 65.9 Å². The van der Waals surface area contributed by atoms with Crippen LogP contribution in [-0.4, -0.2) is 34.4 Å². The number of nitrogens with zero attached hydrogens (tertiary/aromatic N) is 3. The molecular formula is C21H20N4OS2. The van der Waals surface area contributed by atoms with Crippen molar-refractivity contribution in [2.45, 2.75) is 12.6 Å². The Morgan fingerprint density at radius 1 is 1.14 bits per heavy atom. The average Bonchev–Trinajstić information content (AvgIpc) is 3.36. The van der Waals surface area contributed by atoms with Gasteiger partial charge in [0, 0.05) is 11.6 Å². The fraction of sp³-hybridized carbons (Fsp3) is 0.190. The van der Waals surface area contributed by atoms with Crippen molar-refractivity contribution >= 4 is 38.8 Å². The molecule has 4 rings (SSSR count). The van der Waals surface area contributed by atoms with Crippen molar-refractivity contribution in [3.05, 3.63) is 81.8 Å². The lowest BCUT2D eigenvalue weighted by atomic mass is 10.1. The number of nitrogens with one attached hydrogen (secondary N) is 1. The van der Waals surface area contributed by atoms with Crippen molar-refractivity contribution in [1.82, 2.24) is 20.2 Å². The third-order valence-corrected chi connectivity index (χ3v) is 6.16. The van der Waals surface area contributed by atoms with E-state index in [4.69, 9.17) is 0 Å². The summed E-state index contributed by atoms with van der Waals surface area (Å²) in [6.07, 6.45) is 1.77. The summed E-state index contributed by atoms with van der Waals surface area (Å²) in [7, 11) is 1.94. The minimum Gasteiger partial charge on any atom is -0.342 e. The first kappa shape index (κ1) is 18.7. The highest BCUT2D eigenvalue weighted by Crippen LogP contribution is 2.24. The molecule has 0 bridgehead atoms. The van der Waals surface area contributed by atoms with Gasteiger partial charge in [0.1, 0.15) is 16.1 Å². The van der Waals surface area contributed by atoms with E-state index < -0.39 is 0 Å². The zero-order valence-electron chi connectivity index (χ0n) is 15.4. The lowest BCUT2D eigenvalue weighted by Gasteiger charge is -2.20. The fourth-order valence-electron chi connectivity index (χ4n) is 3.04. The van der Waals surface area contributed by atoms with E-state index in [0.29, 0.717) is 13.1 Å². The Bertz CT molecular complexity index is 1010. The van der Waals surface area contributed by atoms with E-state index in [1.54, 1.807) is 28.9 Å². The van der Waals surface area contributed by atoms with E-state index >= 15 is 0 Å². The monoisotopic (exact) mass is 408 g/mol. The third-order valence-electron chi connectivity index (χ3n) is 4.29. The maximum absolute atomic E-state index is 12.7. The number of rotatable bonds is 7. The summed E-state index contributed by atoms with van der Waals surface area (Å²) >= 11 is 3.21. The molecule has 1 amide bonds. The van der Waals surface area contributed by atoms with Crippen LogP contribution in [0.25, 0.3) is 10.2 Å². The molecule has 2 aromatic carbocycles. The highest BCUT2D eigenvalue weighted by Gasteiger charge is 2.20. The lowest BCUT2D eigenvalue weighted by molar-refractivity contribution is -0.122. The Balaban J connectivity index is 1.41. The Hall–Kier alpha value is -2.61. The molecule has 2 aromatic heterocycles. The second-order valence-corrected chi connectivity index (χ2v) is 8.57. The van der Waals surface area contributed by atoms with Crippen LogP contribution in [0.5, 0.6) is 0 Å². The quantitative estimate of drug-likeness (QED) is 0.500. The average molecular weight is 409 g/mol. The molecular weight excluding hydrogens is 388 g/mol. The maximum Gasteiger partial charge on any atom is 0.235 e. The van der Waals surface area contributed by atoms with Crippen molar-refractivity contribution < 1.29 is 4.79 Å². The SMILES string of the molecule is CN(CC(=O)NC(c1ccccc1)c1nccs1)Cc1nc2ccccc2s1. The van der Waals surface area contributed by atoms with Gasteiger partial charge in [0.25, 0.3) is 0 Å². The highest BCUT2D eigenvalue weighted by atomic mass is 32.1. The molecule has 2 heterocycles. The third kappa shape index (κ3) is 4.44.